The normalized spacial score (nSPS) is 15.9. The number of rotatable bonds is 3. The molecule has 0 unspecified atom stereocenters. The van der Waals surface area contributed by atoms with E-state index in [-0.39, 0.29) is 11.4 Å². The minimum Gasteiger partial charge on any atom is -0.465 e. The summed E-state index contributed by atoms with van der Waals surface area (Å²) in [4.78, 5) is 11.3. The zero-order valence-electron chi connectivity index (χ0n) is 11.4. The Balaban J connectivity index is 2.09. The lowest BCUT2D eigenvalue weighted by molar-refractivity contribution is 0.0600. The predicted octanol–water partition coefficient (Wildman–Crippen LogP) is 2.64. The minimum absolute atomic E-state index is 0.0375. The van der Waals surface area contributed by atoms with Gasteiger partial charge in [0.1, 0.15) is 0 Å². The van der Waals surface area contributed by atoms with Crippen molar-refractivity contribution in [1.82, 2.24) is 0 Å². The van der Waals surface area contributed by atoms with Gasteiger partial charge in [0.05, 0.1) is 24.7 Å². The van der Waals surface area contributed by atoms with Crippen LogP contribution < -0.4 is 0 Å². The monoisotopic (exact) mass is 258 g/mol. The Morgan fingerprint density at radius 2 is 1.95 bits per heavy atom. The summed E-state index contributed by atoms with van der Waals surface area (Å²) in [6.45, 7) is 0.695. The molecule has 0 radical (unpaired) electrons. The lowest BCUT2D eigenvalue weighted by atomic mass is 9.70. The van der Waals surface area contributed by atoms with E-state index in [2.05, 4.69) is 16.6 Å². The standard InChI is InChI=1S/C16H18O3/c1-18-12-16(9-3-10-16)11-8-13-4-6-14(7-5-13)15(17)19-2/h4-7H,3,9-10,12H2,1-2H3. The first kappa shape index (κ1) is 13.6. The van der Waals surface area contributed by atoms with Crippen molar-refractivity contribution in [3.63, 3.8) is 0 Å². The van der Waals surface area contributed by atoms with E-state index in [0.29, 0.717) is 12.2 Å². The van der Waals surface area contributed by atoms with Crippen LogP contribution >= 0.6 is 0 Å². The first-order valence-corrected chi connectivity index (χ1v) is 6.40. The summed E-state index contributed by atoms with van der Waals surface area (Å²) >= 11 is 0. The predicted molar refractivity (Wildman–Crippen MR) is 72.8 cm³/mol. The molecule has 1 aliphatic carbocycles. The summed E-state index contributed by atoms with van der Waals surface area (Å²) in [7, 11) is 3.09. The first-order chi connectivity index (χ1) is 9.19. The summed E-state index contributed by atoms with van der Waals surface area (Å²) in [6, 6.07) is 7.16. The molecule has 0 aliphatic heterocycles. The van der Waals surface area contributed by atoms with Gasteiger partial charge in [0.25, 0.3) is 0 Å². The van der Waals surface area contributed by atoms with Gasteiger partial charge in [-0.3, -0.25) is 0 Å². The van der Waals surface area contributed by atoms with Crippen molar-refractivity contribution in [3.05, 3.63) is 35.4 Å². The molecule has 100 valence electrons. The van der Waals surface area contributed by atoms with Gasteiger partial charge in [-0.25, -0.2) is 4.79 Å². The van der Waals surface area contributed by atoms with E-state index in [1.807, 2.05) is 12.1 Å². The molecular formula is C16H18O3. The smallest absolute Gasteiger partial charge is 0.337 e. The fourth-order valence-electron chi connectivity index (χ4n) is 2.20. The van der Waals surface area contributed by atoms with Crippen LogP contribution in [0.4, 0.5) is 0 Å². The van der Waals surface area contributed by atoms with Gasteiger partial charge in [-0.2, -0.15) is 0 Å². The third-order valence-electron chi connectivity index (χ3n) is 3.51. The second-order valence-corrected chi connectivity index (χ2v) is 4.89. The zero-order valence-corrected chi connectivity index (χ0v) is 11.4. The highest BCUT2D eigenvalue weighted by Gasteiger charge is 2.35. The minimum atomic E-state index is -0.325. The third-order valence-corrected chi connectivity index (χ3v) is 3.51. The number of ether oxygens (including phenoxy) is 2. The number of esters is 1. The molecule has 0 bridgehead atoms. The zero-order chi connectivity index (χ0) is 13.7. The molecular weight excluding hydrogens is 240 g/mol. The molecule has 1 aliphatic rings. The number of hydrogen-bond donors (Lipinski definition) is 0. The average Bonchev–Trinajstić information content (AvgIpc) is 2.41. The van der Waals surface area contributed by atoms with Crippen LogP contribution in [0.3, 0.4) is 0 Å². The summed E-state index contributed by atoms with van der Waals surface area (Å²) in [5.41, 5.74) is 1.49. The molecule has 0 N–H and O–H groups in total. The number of benzene rings is 1. The maximum atomic E-state index is 11.3. The molecule has 2 rings (SSSR count). The quantitative estimate of drug-likeness (QED) is 0.617. The molecule has 19 heavy (non-hydrogen) atoms. The molecule has 0 heterocycles. The second-order valence-electron chi connectivity index (χ2n) is 4.89. The highest BCUT2D eigenvalue weighted by Crippen LogP contribution is 2.40. The van der Waals surface area contributed by atoms with Crippen molar-refractivity contribution >= 4 is 5.97 Å². The average molecular weight is 258 g/mol. The van der Waals surface area contributed by atoms with E-state index < -0.39 is 0 Å². The van der Waals surface area contributed by atoms with Gasteiger partial charge in [0, 0.05) is 12.7 Å². The molecule has 0 aromatic heterocycles. The van der Waals surface area contributed by atoms with Crippen LogP contribution in [0.15, 0.2) is 24.3 Å². The molecule has 3 nitrogen and oxygen atoms in total. The lowest BCUT2D eigenvalue weighted by Gasteiger charge is -2.36. The fraction of sp³-hybridized carbons (Fsp3) is 0.438. The van der Waals surface area contributed by atoms with Crippen molar-refractivity contribution in [3.8, 4) is 11.8 Å². The highest BCUT2D eigenvalue weighted by molar-refractivity contribution is 5.89. The molecule has 0 atom stereocenters. The van der Waals surface area contributed by atoms with Gasteiger partial charge in [0.15, 0.2) is 0 Å². The van der Waals surface area contributed by atoms with E-state index in [4.69, 9.17) is 4.74 Å². The maximum Gasteiger partial charge on any atom is 0.337 e. The van der Waals surface area contributed by atoms with Crippen molar-refractivity contribution in [2.75, 3.05) is 20.8 Å². The van der Waals surface area contributed by atoms with Crippen LogP contribution in [0.2, 0.25) is 0 Å². The third kappa shape index (κ3) is 3.15. The van der Waals surface area contributed by atoms with E-state index in [0.717, 1.165) is 18.4 Å². The topological polar surface area (TPSA) is 35.5 Å². The Bertz CT molecular complexity index is 501. The Morgan fingerprint density at radius 1 is 1.26 bits per heavy atom. The number of carbonyl (C=O) groups excluding carboxylic acids is 1. The van der Waals surface area contributed by atoms with Crippen LogP contribution in [0.1, 0.15) is 35.2 Å². The van der Waals surface area contributed by atoms with Gasteiger partial charge >= 0.3 is 5.97 Å². The van der Waals surface area contributed by atoms with Crippen molar-refractivity contribution in [1.29, 1.82) is 0 Å². The molecule has 0 spiro atoms. The second kappa shape index (κ2) is 5.90. The summed E-state index contributed by atoms with van der Waals surface area (Å²) in [5, 5.41) is 0. The van der Waals surface area contributed by atoms with Crippen LogP contribution in [0.5, 0.6) is 0 Å². The number of carbonyl (C=O) groups is 1. The van der Waals surface area contributed by atoms with E-state index in [9.17, 15) is 4.79 Å². The largest absolute Gasteiger partial charge is 0.465 e. The first-order valence-electron chi connectivity index (χ1n) is 6.40. The van der Waals surface area contributed by atoms with Crippen molar-refractivity contribution in [2.45, 2.75) is 19.3 Å². The summed E-state index contributed by atoms with van der Waals surface area (Å²) < 4.78 is 9.90. The molecule has 1 fully saturated rings. The Labute approximate surface area is 113 Å². The van der Waals surface area contributed by atoms with E-state index >= 15 is 0 Å². The Morgan fingerprint density at radius 3 is 2.42 bits per heavy atom. The fourth-order valence-corrected chi connectivity index (χ4v) is 2.20. The Kier molecular flexibility index (Phi) is 4.24. The van der Waals surface area contributed by atoms with Gasteiger partial charge in [-0.15, -0.1) is 0 Å². The van der Waals surface area contributed by atoms with Crippen LogP contribution in [-0.2, 0) is 9.47 Å². The summed E-state index contributed by atoms with van der Waals surface area (Å²) in [6.07, 6.45) is 3.43. The van der Waals surface area contributed by atoms with Gasteiger partial charge in [0.2, 0.25) is 0 Å². The van der Waals surface area contributed by atoms with Crippen LogP contribution in [0, 0.1) is 17.3 Å². The summed E-state index contributed by atoms with van der Waals surface area (Å²) in [5.74, 6) is 6.17. The van der Waals surface area contributed by atoms with Gasteiger partial charge in [-0.1, -0.05) is 18.3 Å². The lowest BCUT2D eigenvalue weighted by Crippen LogP contribution is -2.32. The van der Waals surface area contributed by atoms with Gasteiger partial charge < -0.3 is 9.47 Å². The Hall–Kier alpha value is -1.79. The number of methoxy groups -OCH3 is 2. The molecule has 1 saturated carbocycles. The van der Waals surface area contributed by atoms with E-state index in [1.165, 1.54) is 13.5 Å². The van der Waals surface area contributed by atoms with Crippen molar-refractivity contribution < 1.29 is 14.3 Å². The van der Waals surface area contributed by atoms with Gasteiger partial charge in [-0.05, 0) is 37.1 Å². The number of hydrogen-bond acceptors (Lipinski definition) is 3. The van der Waals surface area contributed by atoms with E-state index in [1.54, 1.807) is 19.2 Å². The maximum absolute atomic E-state index is 11.3. The van der Waals surface area contributed by atoms with Crippen molar-refractivity contribution in [2.24, 2.45) is 5.41 Å². The molecule has 0 saturated heterocycles. The molecule has 0 amide bonds. The van der Waals surface area contributed by atoms with Crippen LogP contribution in [0.25, 0.3) is 0 Å². The molecule has 3 heteroatoms. The van der Waals surface area contributed by atoms with Crippen LogP contribution in [-0.4, -0.2) is 26.8 Å². The SMILES string of the molecule is COCC1(C#Cc2ccc(C(=O)OC)cc2)CCC1. The highest BCUT2D eigenvalue weighted by atomic mass is 16.5. The molecule has 1 aromatic rings. The molecule has 1 aromatic carbocycles.